The number of aryl methyl sites for hydroxylation is 2. The Bertz CT molecular complexity index is 574. The Morgan fingerprint density at radius 3 is 2.83 bits per heavy atom. The van der Waals surface area contributed by atoms with Crippen molar-refractivity contribution in [3.63, 3.8) is 0 Å². The van der Waals surface area contributed by atoms with E-state index in [2.05, 4.69) is 10.4 Å². The number of amides is 1. The number of nitrogens with one attached hydrogen (secondary N) is 1. The van der Waals surface area contributed by atoms with Crippen molar-refractivity contribution < 1.29 is 4.79 Å². The molecule has 94 valence electrons. The molecule has 0 radical (unpaired) electrons. The summed E-state index contributed by atoms with van der Waals surface area (Å²) in [5.41, 5.74) is 8.35. The molecule has 0 bridgehead atoms. The summed E-state index contributed by atoms with van der Waals surface area (Å²) in [6, 6.07) is 7.60. The molecule has 1 aromatic heterocycles. The van der Waals surface area contributed by atoms with Crippen molar-refractivity contribution in [2.24, 2.45) is 0 Å². The molecule has 0 saturated carbocycles. The minimum absolute atomic E-state index is 0.235. The van der Waals surface area contributed by atoms with Gasteiger partial charge < -0.3 is 11.1 Å². The fraction of sp³-hybridized carbons (Fsp3) is 0.231. The van der Waals surface area contributed by atoms with Crippen LogP contribution in [0.15, 0.2) is 30.5 Å². The van der Waals surface area contributed by atoms with E-state index in [0.717, 1.165) is 11.3 Å². The maximum atomic E-state index is 12.2. The summed E-state index contributed by atoms with van der Waals surface area (Å²) in [6.45, 7) is 4.46. The Morgan fingerprint density at radius 2 is 2.17 bits per heavy atom. The lowest BCUT2D eigenvalue weighted by Crippen LogP contribution is -2.19. The topological polar surface area (TPSA) is 72.9 Å². The van der Waals surface area contributed by atoms with Crippen molar-refractivity contribution in [2.45, 2.75) is 20.4 Å². The lowest BCUT2D eigenvalue weighted by Gasteiger charge is -2.09. The third-order valence-electron chi connectivity index (χ3n) is 2.78. The highest BCUT2D eigenvalue weighted by molar-refractivity contribution is 6.06. The summed E-state index contributed by atoms with van der Waals surface area (Å²) in [7, 11) is 0. The van der Waals surface area contributed by atoms with E-state index >= 15 is 0 Å². The largest absolute Gasteiger partial charge is 0.396 e. The summed E-state index contributed by atoms with van der Waals surface area (Å²) in [4.78, 5) is 12.2. The summed E-state index contributed by atoms with van der Waals surface area (Å²) in [5, 5.41) is 6.90. The van der Waals surface area contributed by atoms with Crippen molar-refractivity contribution in [3.8, 4) is 0 Å². The number of benzene rings is 1. The fourth-order valence-electron chi connectivity index (χ4n) is 1.78. The molecule has 5 heteroatoms. The van der Waals surface area contributed by atoms with Gasteiger partial charge in [0.05, 0.1) is 11.9 Å². The van der Waals surface area contributed by atoms with Crippen LogP contribution in [0.4, 0.5) is 11.4 Å². The molecule has 0 aliphatic rings. The van der Waals surface area contributed by atoms with Crippen LogP contribution in [0.2, 0.25) is 0 Å². The Labute approximate surface area is 106 Å². The van der Waals surface area contributed by atoms with Crippen molar-refractivity contribution in [1.29, 1.82) is 0 Å². The molecule has 2 aromatic rings. The van der Waals surface area contributed by atoms with E-state index < -0.39 is 0 Å². The third kappa shape index (κ3) is 2.20. The van der Waals surface area contributed by atoms with Gasteiger partial charge in [-0.05, 0) is 25.5 Å². The predicted octanol–water partition coefficient (Wildman–Crippen LogP) is 2.05. The second-order valence-corrected chi connectivity index (χ2v) is 4.03. The molecule has 1 amide bonds. The smallest absolute Gasteiger partial charge is 0.276 e. The van der Waals surface area contributed by atoms with Gasteiger partial charge in [-0.1, -0.05) is 18.2 Å². The van der Waals surface area contributed by atoms with E-state index in [1.807, 2.05) is 38.1 Å². The monoisotopic (exact) mass is 244 g/mol. The van der Waals surface area contributed by atoms with E-state index in [1.165, 1.54) is 6.20 Å². The number of hydrogen-bond donors (Lipinski definition) is 2. The van der Waals surface area contributed by atoms with Gasteiger partial charge in [0.25, 0.3) is 5.91 Å². The Hall–Kier alpha value is -2.30. The third-order valence-corrected chi connectivity index (χ3v) is 2.78. The zero-order valence-electron chi connectivity index (χ0n) is 10.5. The SMILES string of the molecule is CCn1ncc(N)c1C(=O)Nc1ccccc1C. The highest BCUT2D eigenvalue weighted by Gasteiger charge is 2.16. The van der Waals surface area contributed by atoms with Crippen LogP contribution >= 0.6 is 0 Å². The van der Waals surface area contributed by atoms with Gasteiger partial charge >= 0.3 is 0 Å². The number of para-hydroxylation sites is 1. The minimum Gasteiger partial charge on any atom is -0.396 e. The van der Waals surface area contributed by atoms with Crippen molar-refractivity contribution in [1.82, 2.24) is 9.78 Å². The second kappa shape index (κ2) is 4.91. The van der Waals surface area contributed by atoms with Gasteiger partial charge in [0.2, 0.25) is 0 Å². The molecule has 0 aliphatic heterocycles. The van der Waals surface area contributed by atoms with Crippen LogP contribution in [0, 0.1) is 6.92 Å². The number of rotatable bonds is 3. The molecule has 2 rings (SSSR count). The molecule has 1 heterocycles. The predicted molar refractivity (Wildman–Crippen MR) is 71.4 cm³/mol. The lowest BCUT2D eigenvalue weighted by atomic mass is 10.2. The van der Waals surface area contributed by atoms with Crippen molar-refractivity contribution >= 4 is 17.3 Å². The fourth-order valence-corrected chi connectivity index (χ4v) is 1.78. The lowest BCUT2D eigenvalue weighted by molar-refractivity contribution is 0.101. The van der Waals surface area contributed by atoms with Crippen LogP contribution in [-0.4, -0.2) is 15.7 Å². The number of carbonyl (C=O) groups excluding carboxylic acids is 1. The molecule has 3 N–H and O–H groups in total. The molecule has 0 saturated heterocycles. The van der Waals surface area contributed by atoms with E-state index in [-0.39, 0.29) is 5.91 Å². The Morgan fingerprint density at radius 1 is 1.44 bits per heavy atom. The maximum absolute atomic E-state index is 12.2. The average Bonchev–Trinajstić information content (AvgIpc) is 2.73. The minimum atomic E-state index is -0.235. The highest BCUT2D eigenvalue weighted by atomic mass is 16.2. The van der Waals surface area contributed by atoms with E-state index in [1.54, 1.807) is 4.68 Å². The van der Waals surface area contributed by atoms with Crippen LogP contribution < -0.4 is 11.1 Å². The standard InChI is InChI=1S/C13H16N4O/c1-3-17-12(10(14)8-15-17)13(18)16-11-7-5-4-6-9(11)2/h4-8H,3,14H2,1-2H3,(H,16,18). The second-order valence-electron chi connectivity index (χ2n) is 4.03. The zero-order chi connectivity index (χ0) is 13.1. The molecule has 0 atom stereocenters. The number of carbonyl (C=O) groups is 1. The van der Waals surface area contributed by atoms with Gasteiger partial charge in [-0.3, -0.25) is 9.48 Å². The van der Waals surface area contributed by atoms with Crippen LogP contribution in [0.5, 0.6) is 0 Å². The number of hydrogen-bond acceptors (Lipinski definition) is 3. The van der Waals surface area contributed by atoms with Gasteiger partial charge in [-0.25, -0.2) is 0 Å². The molecular weight excluding hydrogens is 228 g/mol. The quantitative estimate of drug-likeness (QED) is 0.867. The first kappa shape index (κ1) is 12.2. The molecule has 0 aliphatic carbocycles. The Kier molecular flexibility index (Phi) is 3.32. The zero-order valence-corrected chi connectivity index (χ0v) is 10.5. The first-order valence-electron chi connectivity index (χ1n) is 5.81. The van der Waals surface area contributed by atoms with Crippen molar-refractivity contribution in [2.75, 3.05) is 11.1 Å². The number of aromatic nitrogens is 2. The highest BCUT2D eigenvalue weighted by Crippen LogP contribution is 2.17. The number of nitrogens with two attached hydrogens (primary N) is 1. The van der Waals surface area contributed by atoms with Gasteiger partial charge in [0.15, 0.2) is 0 Å². The molecule has 1 aromatic carbocycles. The number of nitrogen functional groups attached to an aromatic ring is 1. The average molecular weight is 244 g/mol. The van der Waals surface area contributed by atoms with Gasteiger partial charge in [0, 0.05) is 12.2 Å². The van der Waals surface area contributed by atoms with Crippen LogP contribution in [0.3, 0.4) is 0 Å². The normalized spacial score (nSPS) is 10.3. The van der Waals surface area contributed by atoms with Crippen LogP contribution in [-0.2, 0) is 6.54 Å². The molecule has 0 spiro atoms. The Balaban J connectivity index is 2.28. The molecule has 5 nitrogen and oxygen atoms in total. The van der Waals surface area contributed by atoms with E-state index in [0.29, 0.717) is 17.9 Å². The van der Waals surface area contributed by atoms with Gasteiger partial charge in [-0.2, -0.15) is 5.10 Å². The number of anilines is 2. The van der Waals surface area contributed by atoms with Crippen LogP contribution in [0.25, 0.3) is 0 Å². The van der Waals surface area contributed by atoms with Crippen LogP contribution in [0.1, 0.15) is 23.0 Å². The van der Waals surface area contributed by atoms with Gasteiger partial charge in [0.1, 0.15) is 5.69 Å². The molecule has 18 heavy (non-hydrogen) atoms. The first-order chi connectivity index (χ1) is 8.63. The van der Waals surface area contributed by atoms with Crippen molar-refractivity contribution in [3.05, 3.63) is 41.7 Å². The summed E-state index contributed by atoms with van der Waals surface area (Å²) in [5.74, 6) is -0.235. The maximum Gasteiger partial charge on any atom is 0.276 e. The van der Waals surface area contributed by atoms with E-state index in [9.17, 15) is 4.79 Å². The number of nitrogens with zero attached hydrogens (tertiary/aromatic N) is 2. The molecule has 0 fully saturated rings. The summed E-state index contributed by atoms with van der Waals surface area (Å²) >= 11 is 0. The summed E-state index contributed by atoms with van der Waals surface area (Å²) in [6.07, 6.45) is 1.50. The van der Waals surface area contributed by atoms with E-state index in [4.69, 9.17) is 5.73 Å². The first-order valence-corrected chi connectivity index (χ1v) is 5.81. The molecular formula is C13H16N4O. The van der Waals surface area contributed by atoms with Gasteiger partial charge in [-0.15, -0.1) is 0 Å². The molecule has 0 unspecified atom stereocenters. The summed E-state index contributed by atoms with van der Waals surface area (Å²) < 4.78 is 1.59.